The van der Waals surface area contributed by atoms with Gasteiger partial charge in [-0.2, -0.15) is 10.2 Å². The van der Waals surface area contributed by atoms with E-state index in [1.165, 1.54) is 12.4 Å². The van der Waals surface area contributed by atoms with E-state index in [-0.39, 0.29) is 11.2 Å². The van der Waals surface area contributed by atoms with E-state index >= 15 is 0 Å². The van der Waals surface area contributed by atoms with Crippen LogP contribution in [0.4, 0.5) is 0 Å². The third-order valence-corrected chi connectivity index (χ3v) is 2.25. The molecule has 3 aromatic rings. The van der Waals surface area contributed by atoms with E-state index in [1.54, 1.807) is 6.07 Å². The van der Waals surface area contributed by atoms with Crippen molar-refractivity contribution >= 4 is 11.2 Å². The largest absolute Gasteiger partial charge is 0.332 e. The Morgan fingerprint density at radius 1 is 1.06 bits per heavy atom. The number of hydrogen-bond donors (Lipinski definition) is 3. The molecule has 0 bridgehead atoms. The van der Waals surface area contributed by atoms with Crippen LogP contribution in [0.15, 0.2) is 28.0 Å². The van der Waals surface area contributed by atoms with Crippen LogP contribution in [0.5, 0.6) is 0 Å². The van der Waals surface area contributed by atoms with Crippen LogP contribution < -0.4 is 11.2 Å². The van der Waals surface area contributed by atoms with Gasteiger partial charge in [0.2, 0.25) is 0 Å². The molecule has 3 rings (SSSR count). The first-order valence-electron chi connectivity index (χ1n) is 4.73. The molecule has 0 aliphatic rings. The summed E-state index contributed by atoms with van der Waals surface area (Å²) in [6.45, 7) is 0. The number of aromatic nitrogens is 6. The van der Waals surface area contributed by atoms with Gasteiger partial charge in [0.05, 0.1) is 12.4 Å². The molecule has 0 unspecified atom stereocenters. The van der Waals surface area contributed by atoms with Crippen molar-refractivity contribution in [3.63, 3.8) is 0 Å². The highest BCUT2D eigenvalue weighted by Crippen LogP contribution is 2.14. The Bertz CT molecular complexity index is 784. The second-order valence-corrected chi connectivity index (χ2v) is 3.35. The summed E-state index contributed by atoms with van der Waals surface area (Å²) in [6.07, 6.45) is 3.01. The molecule has 0 aromatic carbocycles. The van der Waals surface area contributed by atoms with Crippen LogP contribution in [-0.2, 0) is 0 Å². The van der Waals surface area contributed by atoms with Gasteiger partial charge < -0.3 is 4.98 Å². The van der Waals surface area contributed by atoms with Crippen LogP contribution >= 0.6 is 0 Å². The highest BCUT2D eigenvalue weighted by atomic mass is 16.2. The zero-order valence-electron chi connectivity index (χ0n) is 8.39. The highest BCUT2D eigenvalue weighted by molar-refractivity contribution is 5.74. The van der Waals surface area contributed by atoms with Gasteiger partial charge in [-0.15, -0.1) is 0 Å². The zero-order chi connectivity index (χ0) is 11.8. The second kappa shape index (κ2) is 3.37. The molecule has 8 heteroatoms. The van der Waals surface area contributed by atoms with E-state index in [9.17, 15) is 9.59 Å². The molecule has 0 spiro atoms. The summed E-state index contributed by atoms with van der Waals surface area (Å²) in [5.74, 6) is 0.447. The normalized spacial score (nSPS) is 10.8. The predicted octanol–water partition coefficient (Wildman–Crippen LogP) is -0.604. The summed E-state index contributed by atoms with van der Waals surface area (Å²) in [5, 5.41) is 7.34. The van der Waals surface area contributed by atoms with Gasteiger partial charge >= 0.3 is 5.69 Å². The average Bonchev–Trinajstić information content (AvgIpc) is 2.74. The maximum absolute atomic E-state index is 11.5. The molecular weight excluding hydrogens is 224 g/mol. The summed E-state index contributed by atoms with van der Waals surface area (Å²) in [5.41, 5.74) is 0.0105. The SMILES string of the molecule is O=c1[nH]c(=O)c2[nH]c(-c3ccnnc3)nc2[nH]1. The van der Waals surface area contributed by atoms with Gasteiger partial charge in [-0.1, -0.05) is 0 Å². The summed E-state index contributed by atoms with van der Waals surface area (Å²) in [6, 6.07) is 1.69. The predicted molar refractivity (Wildman–Crippen MR) is 58.4 cm³/mol. The summed E-state index contributed by atoms with van der Waals surface area (Å²) >= 11 is 0. The van der Waals surface area contributed by atoms with Crippen molar-refractivity contribution < 1.29 is 0 Å². The van der Waals surface area contributed by atoms with Crippen molar-refractivity contribution in [1.82, 2.24) is 30.1 Å². The maximum Gasteiger partial charge on any atom is 0.327 e. The summed E-state index contributed by atoms with van der Waals surface area (Å²) in [4.78, 5) is 34.0. The molecule has 3 N–H and O–H groups in total. The van der Waals surface area contributed by atoms with Gasteiger partial charge in [-0.3, -0.25) is 14.8 Å². The lowest BCUT2D eigenvalue weighted by atomic mass is 10.3. The lowest BCUT2D eigenvalue weighted by molar-refractivity contribution is 1.03. The minimum Gasteiger partial charge on any atom is -0.332 e. The Balaban J connectivity index is 2.31. The molecule has 8 nitrogen and oxygen atoms in total. The number of nitrogens with zero attached hydrogens (tertiary/aromatic N) is 3. The Kier molecular flexibility index (Phi) is 1.87. The van der Waals surface area contributed by atoms with Crippen LogP contribution in [-0.4, -0.2) is 30.1 Å². The third-order valence-electron chi connectivity index (χ3n) is 2.25. The van der Waals surface area contributed by atoms with Crippen LogP contribution in [0.3, 0.4) is 0 Å². The number of imidazole rings is 1. The summed E-state index contributed by atoms with van der Waals surface area (Å²) in [7, 11) is 0. The molecule has 0 amide bonds. The lowest BCUT2D eigenvalue weighted by Gasteiger charge is -1.91. The minimum absolute atomic E-state index is 0.213. The Hall–Kier alpha value is -2.77. The molecule has 0 radical (unpaired) electrons. The van der Waals surface area contributed by atoms with Crippen LogP contribution in [0.1, 0.15) is 0 Å². The van der Waals surface area contributed by atoms with Crippen LogP contribution in [0.25, 0.3) is 22.6 Å². The molecule has 0 aliphatic carbocycles. The number of H-pyrrole nitrogens is 3. The van der Waals surface area contributed by atoms with Crippen LogP contribution in [0, 0.1) is 0 Å². The number of hydrogen-bond acceptors (Lipinski definition) is 5. The molecule has 0 fully saturated rings. The van der Waals surface area contributed by atoms with Gasteiger partial charge in [0.1, 0.15) is 11.3 Å². The summed E-state index contributed by atoms with van der Waals surface area (Å²) < 4.78 is 0. The quantitative estimate of drug-likeness (QED) is 0.515. The number of nitrogens with one attached hydrogen (secondary N) is 3. The van der Waals surface area contributed by atoms with Gasteiger partial charge in [-0.25, -0.2) is 9.78 Å². The van der Waals surface area contributed by atoms with Gasteiger partial charge in [0.25, 0.3) is 5.56 Å². The van der Waals surface area contributed by atoms with E-state index < -0.39 is 11.2 Å². The maximum atomic E-state index is 11.5. The van der Waals surface area contributed by atoms with Crippen LogP contribution in [0.2, 0.25) is 0 Å². The molecule has 17 heavy (non-hydrogen) atoms. The number of aromatic amines is 3. The fourth-order valence-corrected chi connectivity index (χ4v) is 1.50. The molecule has 0 saturated heterocycles. The first-order chi connectivity index (χ1) is 8.24. The van der Waals surface area contributed by atoms with Crippen molar-refractivity contribution in [3.05, 3.63) is 39.3 Å². The topological polar surface area (TPSA) is 120 Å². The van der Waals surface area contributed by atoms with Gasteiger partial charge in [0, 0.05) is 5.56 Å². The van der Waals surface area contributed by atoms with E-state index in [0.29, 0.717) is 11.4 Å². The number of rotatable bonds is 1. The zero-order valence-corrected chi connectivity index (χ0v) is 8.39. The van der Waals surface area contributed by atoms with Crippen molar-refractivity contribution in [2.75, 3.05) is 0 Å². The Morgan fingerprint density at radius 3 is 2.71 bits per heavy atom. The lowest BCUT2D eigenvalue weighted by Crippen LogP contribution is -2.21. The van der Waals surface area contributed by atoms with E-state index in [2.05, 4.69) is 30.1 Å². The van der Waals surface area contributed by atoms with Gasteiger partial charge in [-0.05, 0) is 6.07 Å². The number of fused-ring (bicyclic) bond motifs is 1. The highest BCUT2D eigenvalue weighted by Gasteiger charge is 2.08. The fraction of sp³-hybridized carbons (Fsp3) is 0. The molecule has 3 aromatic heterocycles. The molecule has 0 atom stereocenters. The molecule has 84 valence electrons. The van der Waals surface area contributed by atoms with E-state index in [1.807, 2.05) is 0 Å². The second-order valence-electron chi connectivity index (χ2n) is 3.35. The molecule has 3 heterocycles. The minimum atomic E-state index is -0.589. The van der Waals surface area contributed by atoms with Crippen molar-refractivity contribution in [1.29, 1.82) is 0 Å². The first kappa shape index (κ1) is 9.46. The van der Waals surface area contributed by atoms with E-state index in [0.717, 1.165) is 0 Å². The van der Waals surface area contributed by atoms with Gasteiger partial charge in [0.15, 0.2) is 5.65 Å². The van der Waals surface area contributed by atoms with Crippen molar-refractivity contribution in [3.8, 4) is 11.4 Å². The third kappa shape index (κ3) is 1.51. The Labute approximate surface area is 92.8 Å². The monoisotopic (exact) mass is 230 g/mol. The standard InChI is InChI=1S/C9H6N6O2/c16-8-5-7(14-9(17)15-8)13-6(12-5)4-1-2-10-11-3-4/h1-3H,(H3,12,13,14,15,16,17). The molecule has 0 saturated carbocycles. The Morgan fingerprint density at radius 2 is 1.94 bits per heavy atom. The van der Waals surface area contributed by atoms with Crippen molar-refractivity contribution in [2.24, 2.45) is 0 Å². The van der Waals surface area contributed by atoms with Crippen molar-refractivity contribution in [2.45, 2.75) is 0 Å². The first-order valence-corrected chi connectivity index (χ1v) is 4.73. The average molecular weight is 230 g/mol. The smallest absolute Gasteiger partial charge is 0.327 e. The fourth-order valence-electron chi connectivity index (χ4n) is 1.50. The van der Waals surface area contributed by atoms with E-state index in [4.69, 9.17) is 0 Å². The molecule has 0 aliphatic heterocycles. The molecular formula is C9H6N6O2.